The van der Waals surface area contributed by atoms with Crippen LogP contribution in [0.3, 0.4) is 0 Å². The predicted octanol–water partition coefficient (Wildman–Crippen LogP) is 3.97. The number of aromatic nitrogens is 1. The van der Waals surface area contributed by atoms with Crippen LogP contribution in [-0.4, -0.2) is 19.7 Å². The van der Waals surface area contributed by atoms with Gasteiger partial charge in [-0.25, -0.2) is 0 Å². The summed E-state index contributed by atoms with van der Waals surface area (Å²) in [4.78, 5) is 4.46. The summed E-state index contributed by atoms with van der Waals surface area (Å²) in [5.74, 6) is 4.07. The van der Waals surface area contributed by atoms with E-state index in [1.165, 1.54) is 0 Å². The third-order valence-electron chi connectivity index (χ3n) is 2.45. The van der Waals surface area contributed by atoms with Gasteiger partial charge >= 0.3 is 5.95 Å². The Kier molecular flexibility index (Phi) is 4.31. The molecule has 3 nitrogen and oxygen atoms in total. The molecule has 1 aromatic carbocycles. The molecule has 0 amide bonds. The molecule has 20 heavy (non-hydrogen) atoms. The highest BCUT2D eigenvalue weighted by atomic mass is 28.3. The summed E-state index contributed by atoms with van der Waals surface area (Å²) in [6.07, 6.45) is 0. The van der Waals surface area contributed by atoms with E-state index in [4.69, 9.17) is 9.15 Å². The van der Waals surface area contributed by atoms with E-state index in [0.29, 0.717) is 24.1 Å². The second kappa shape index (κ2) is 5.97. The van der Waals surface area contributed by atoms with Gasteiger partial charge in [-0.15, -0.1) is 5.54 Å². The van der Waals surface area contributed by atoms with Crippen LogP contribution in [0.1, 0.15) is 12.6 Å². The normalized spacial score (nSPS) is 10.8. The van der Waals surface area contributed by atoms with Crippen LogP contribution in [-0.2, 0) is 0 Å². The van der Waals surface area contributed by atoms with Gasteiger partial charge < -0.3 is 9.15 Å². The topological polar surface area (TPSA) is 35.3 Å². The summed E-state index contributed by atoms with van der Waals surface area (Å²) in [6.45, 7) is 9.03. The average molecular weight is 285 g/mol. The maximum atomic E-state index is 5.69. The summed E-state index contributed by atoms with van der Waals surface area (Å²) in [7, 11) is -1.45. The van der Waals surface area contributed by atoms with Gasteiger partial charge in [0.1, 0.15) is 8.07 Å². The molecule has 2 rings (SSSR count). The highest BCUT2D eigenvalue weighted by Gasteiger charge is 2.15. The van der Waals surface area contributed by atoms with Crippen molar-refractivity contribution in [2.24, 2.45) is 0 Å². The number of hydrogen-bond acceptors (Lipinski definition) is 3. The van der Waals surface area contributed by atoms with Crippen molar-refractivity contribution >= 4 is 8.07 Å². The van der Waals surface area contributed by atoms with Crippen molar-refractivity contribution in [3.63, 3.8) is 0 Å². The quantitative estimate of drug-likeness (QED) is 0.632. The van der Waals surface area contributed by atoms with Crippen molar-refractivity contribution in [1.29, 1.82) is 0 Å². The van der Waals surface area contributed by atoms with Crippen LogP contribution in [0.2, 0.25) is 19.6 Å². The van der Waals surface area contributed by atoms with Gasteiger partial charge in [-0.1, -0.05) is 37.8 Å². The highest BCUT2D eigenvalue weighted by molar-refractivity contribution is 6.83. The Labute approximate surface area is 121 Å². The first-order valence-electron chi connectivity index (χ1n) is 6.72. The number of rotatable bonds is 3. The fourth-order valence-corrected chi connectivity index (χ4v) is 2.06. The van der Waals surface area contributed by atoms with E-state index in [1.807, 2.05) is 37.3 Å². The standard InChI is InChI=1S/C16H19NO2Si/c1-5-18-16-14(11-12-20(2,3)4)17-15(19-16)13-9-7-6-8-10-13/h6-10H,5H2,1-4H3. The Morgan fingerprint density at radius 1 is 1.20 bits per heavy atom. The predicted molar refractivity (Wildman–Crippen MR) is 83.3 cm³/mol. The van der Waals surface area contributed by atoms with E-state index in [-0.39, 0.29) is 0 Å². The summed E-state index contributed by atoms with van der Waals surface area (Å²) in [5, 5.41) is 0. The van der Waals surface area contributed by atoms with Crippen molar-refractivity contribution in [2.75, 3.05) is 6.61 Å². The Balaban J connectivity index is 2.40. The molecule has 0 saturated heterocycles. The van der Waals surface area contributed by atoms with Crippen LogP contribution in [0.25, 0.3) is 11.5 Å². The maximum Gasteiger partial charge on any atom is 0.322 e. The molecule has 0 aliphatic rings. The van der Waals surface area contributed by atoms with E-state index in [0.717, 1.165) is 5.56 Å². The molecular formula is C16H19NO2Si. The molecule has 0 radical (unpaired) electrons. The van der Waals surface area contributed by atoms with E-state index in [9.17, 15) is 0 Å². The lowest BCUT2D eigenvalue weighted by atomic mass is 10.2. The molecule has 2 aromatic rings. The number of benzene rings is 1. The van der Waals surface area contributed by atoms with E-state index >= 15 is 0 Å². The van der Waals surface area contributed by atoms with Crippen molar-refractivity contribution in [1.82, 2.24) is 4.98 Å². The Morgan fingerprint density at radius 2 is 1.90 bits per heavy atom. The largest absolute Gasteiger partial charge is 0.463 e. The van der Waals surface area contributed by atoms with Crippen LogP contribution in [0.15, 0.2) is 34.7 Å². The molecule has 0 aliphatic carbocycles. The zero-order valence-electron chi connectivity index (χ0n) is 12.4. The summed E-state index contributed by atoms with van der Waals surface area (Å²) in [5.41, 5.74) is 4.80. The minimum Gasteiger partial charge on any atom is -0.463 e. The van der Waals surface area contributed by atoms with Gasteiger partial charge in [-0.05, 0) is 25.0 Å². The number of oxazole rings is 1. The monoisotopic (exact) mass is 285 g/mol. The zero-order valence-corrected chi connectivity index (χ0v) is 13.4. The molecule has 0 spiro atoms. The average Bonchev–Trinajstić information content (AvgIpc) is 2.80. The molecular weight excluding hydrogens is 266 g/mol. The summed E-state index contributed by atoms with van der Waals surface area (Å²) in [6, 6.07) is 9.77. The molecule has 0 unspecified atom stereocenters. The van der Waals surface area contributed by atoms with Gasteiger partial charge in [-0.2, -0.15) is 4.98 Å². The molecule has 0 N–H and O–H groups in total. The van der Waals surface area contributed by atoms with Gasteiger partial charge in [0.05, 0.1) is 6.61 Å². The van der Waals surface area contributed by atoms with E-state index in [1.54, 1.807) is 0 Å². The molecule has 4 heteroatoms. The fourth-order valence-electron chi connectivity index (χ4n) is 1.56. The third-order valence-corrected chi connectivity index (χ3v) is 3.32. The number of nitrogens with zero attached hydrogens (tertiary/aromatic N) is 1. The fraction of sp³-hybridized carbons (Fsp3) is 0.312. The van der Waals surface area contributed by atoms with Crippen LogP contribution in [0.5, 0.6) is 5.95 Å². The zero-order chi connectivity index (χ0) is 14.6. The van der Waals surface area contributed by atoms with E-state index in [2.05, 4.69) is 36.1 Å². The molecule has 0 atom stereocenters. The molecule has 0 saturated carbocycles. The van der Waals surface area contributed by atoms with Crippen LogP contribution >= 0.6 is 0 Å². The molecule has 1 heterocycles. The molecule has 0 fully saturated rings. The Hall–Kier alpha value is -1.99. The minimum atomic E-state index is -1.45. The van der Waals surface area contributed by atoms with Crippen LogP contribution < -0.4 is 4.74 Å². The number of ether oxygens (including phenoxy) is 1. The molecule has 0 bridgehead atoms. The van der Waals surface area contributed by atoms with Crippen molar-refractivity contribution in [3.8, 4) is 28.9 Å². The van der Waals surface area contributed by atoms with Gasteiger partial charge in [0.2, 0.25) is 5.89 Å². The van der Waals surface area contributed by atoms with Gasteiger partial charge in [0.25, 0.3) is 0 Å². The van der Waals surface area contributed by atoms with E-state index < -0.39 is 8.07 Å². The first kappa shape index (κ1) is 14.4. The smallest absolute Gasteiger partial charge is 0.322 e. The van der Waals surface area contributed by atoms with Gasteiger partial charge in [0.15, 0.2) is 5.69 Å². The maximum absolute atomic E-state index is 5.69. The summed E-state index contributed by atoms with van der Waals surface area (Å²) >= 11 is 0. The lowest BCUT2D eigenvalue weighted by molar-refractivity contribution is 0.259. The second-order valence-corrected chi connectivity index (χ2v) is 10.2. The van der Waals surface area contributed by atoms with Crippen LogP contribution in [0, 0.1) is 11.5 Å². The van der Waals surface area contributed by atoms with Gasteiger partial charge in [0, 0.05) is 5.56 Å². The SMILES string of the molecule is CCOc1oc(-c2ccccc2)nc1C#C[Si](C)(C)C. The summed E-state index contributed by atoms with van der Waals surface area (Å²) < 4.78 is 11.2. The lowest BCUT2D eigenvalue weighted by Gasteiger charge is -2.02. The molecule has 1 aromatic heterocycles. The van der Waals surface area contributed by atoms with Crippen molar-refractivity contribution < 1.29 is 9.15 Å². The lowest BCUT2D eigenvalue weighted by Crippen LogP contribution is -2.16. The number of hydrogen-bond donors (Lipinski definition) is 0. The Bertz CT molecular complexity index is 630. The van der Waals surface area contributed by atoms with Crippen LogP contribution in [0.4, 0.5) is 0 Å². The Morgan fingerprint density at radius 3 is 2.50 bits per heavy atom. The molecule has 104 valence electrons. The first-order valence-corrected chi connectivity index (χ1v) is 10.2. The minimum absolute atomic E-state index is 0.414. The van der Waals surface area contributed by atoms with Crippen molar-refractivity contribution in [2.45, 2.75) is 26.6 Å². The second-order valence-electron chi connectivity index (χ2n) is 5.45. The molecule has 0 aliphatic heterocycles. The third kappa shape index (κ3) is 3.75. The van der Waals surface area contributed by atoms with Gasteiger partial charge in [-0.3, -0.25) is 0 Å². The first-order chi connectivity index (χ1) is 9.49. The van der Waals surface area contributed by atoms with Crippen molar-refractivity contribution in [3.05, 3.63) is 36.0 Å². The highest BCUT2D eigenvalue weighted by Crippen LogP contribution is 2.26.